The molecule has 4 rings (SSSR count). The number of anilines is 2. The molecule has 0 spiro atoms. The van der Waals surface area contributed by atoms with Crippen LogP contribution in [0.4, 0.5) is 16.0 Å². The fourth-order valence-corrected chi connectivity index (χ4v) is 2.99. The van der Waals surface area contributed by atoms with Crippen molar-refractivity contribution in [3.8, 4) is 0 Å². The molecule has 0 aliphatic carbocycles. The molecule has 3 aromatic rings. The van der Waals surface area contributed by atoms with E-state index in [0.717, 1.165) is 41.4 Å². The molecule has 25 heavy (non-hydrogen) atoms. The highest BCUT2D eigenvalue weighted by atomic mass is 19.1. The van der Waals surface area contributed by atoms with Gasteiger partial charge in [-0.3, -0.25) is 0 Å². The minimum atomic E-state index is -0.262. The largest absolute Gasteiger partial charge is 0.459 e. The van der Waals surface area contributed by atoms with Gasteiger partial charge >= 0.3 is 0 Å². The average molecular weight is 342 g/mol. The maximum Gasteiger partial charge on any atom is 0.134 e. The summed E-state index contributed by atoms with van der Waals surface area (Å²) in [5.41, 5.74) is 1.62. The van der Waals surface area contributed by atoms with E-state index in [0.29, 0.717) is 25.3 Å². The second kappa shape index (κ2) is 6.68. The van der Waals surface area contributed by atoms with Gasteiger partial charge in [-0.2, -0.15) is 0 Å². The summed E-state index contributed by atoms with van der Waals surface area (Å²) in [4.78, 5) is 10.8. The molecular formula is C18H19FN4O2. The number of benzene rings is 1. The Morgan fingerprint density at radius 2 is 2.04 bits per heavy atom. The summed E-state index contributed by atoms with van der Waals surface area (Å²) >= 11 is 0. The molecule has 1 N–H and O–H groups in total. The van der Waals surface area contributed by atoms with E-state index in [2.05, 4.69) is 20.2 Å². The number of aromatic nitrogens is 2. The van der Waals surface area contributed by atoms with Gasteiger partial charge in [0.25, 0.3) is 0 Å². The number of rotatable bonds is 4. The Kier molecular flexibility index (Phi) is 4.23. The fraction of sp³-hybridized carbons (Fsp3) is 0.333. The van der Waals surface area contributed by atoms with Crippen molar-refractivity contribution in [1.82, 2.24) is 9.97 Å². The summed E-state index contributed by atoms with van der Waals surface area (Å²) in [5.74, 6) is 2.11. The number of fused-ring (bicyclic) bond motifs is 1. The van der Waals surface area contributed by atoms with Gasteiger partial charge in [0.15, 0.2) is 0 Å². The zero-order valence-electron chi connectivity index (χ0n) is 14.0. The molecule has 1 saturated heterocycles. The fourth-order valence-electron chi connectivity index (χ4n) is 2.99. The van der Waals surface area contributed by atoms with Crippen LogP contribution in [0.25, 0.3) is 11.0 Å². The number of hydrogen-bond donors (Lipinski definition) is 1. The standard InChI is InChI=1S/C18H19FN4O2/c1-12-14-8-13(19)2-3-15(14)25-16(12)10-20-17-9-18(22-11-21-17)23-4-6-24-7-5-23/h2-3,8-9,11H,4-7,10H2,1H3,(H,20,21,22). The molecule has 0 amide bonds. The molecular weight excluding hydrogens is 323 g/mol. The maximum absolute atomic E-state index is 13.4. The summed E-state index contributed by atoms with van der Waals surface area (Å²) in [5, 5.41) is 4.06. The molecule has 1 fully saturated rings. The Hall–Kier alpha value is -2.67. The molecule has 130 valence electrons. The van der Waals surface area contributed by atoms with E-state index in [4.69, 9.17) is 9.15 Å². The smallest absolute Gasteiger partial charge is 0.134 e. The third-order valence-electron chi connectivity index (χ3n) is 4.41. The molecule has 0 atom stereocenters. The number of nitrogens with one attached hydrogen (secondary N) is 1. The van der Waals surface area contributed by atoms with E-state index >= 15 is 0 Å². The monoisotopic (exact) mass is 342 g/mol. The lowest BCUT2D eigenvalue weighted by molar-refractivity contribution is 0.122. The second-order valence-electron chi connectivity index (χ2n) is 6.01. The van der Waals surface area contributed by atoms with Crippen molar-refractivity contribution < 1.29 is 13.5 Å². The Morgan fingerprint density at radius 1 is 1.20 bits per heavy atom. The van der Waals surface area contributed by atoms with Crippen molar-refractivity contribution >= 4 is 22.6 Å². The number of nitrogens with zero attached hydrogens (tertiary/aromatic N) is 3. The minimum absolute atomic E-state index is 0.262. The molecule has 0 radical (unpaired) electrons. The SMILES string of the molecule is Cc1c(CNc2cc(N3CCOCC3)ncn2)oc2ccc(F)cc12. The number of ether oxygens (including phenoxy) is 1. The molecule has 1 aliphatic heterocycles. The van der Waals surface area contributed by atoms with Gasteiger partial charge in [0.1, 0.15) is 35.1 Å². The molecule has 0 bridgehead atoms. The summed E-state index contributed by atoms with van der Waals surface area (Å²) in [6.45, 7) is 5.47. The lowest BCUT2D eigenvalue weighted by Gasteiger charge is -2.27. The van der Waals surface area contributed by atoms with Gasteiger partial charge in [0, 0.05) is 30.1 Å². The normalized spacial score (nSPS) is 14.9. The Labute approximate surface area is 144 Å². The van der Waals surface area contributed by atoms with Gasteiger partial charge in [-0.1, -0.05) is 0 Å². The van der Waals surface area contributed by atoms with E-state index in [1.54, 1.807) is 12.4 Å². The Balaban J connectivity index is 1.50. The van der Waals surface area contributed by atoms with Gasteiger partial charge in [-0.25, -0.2) is 14.4 Å². The quantitative estimate of drug-likeness (QED) is 0.786. The predicted octanol–water partition coefficient (Wildman–Crippen LogP) is 3.12. The van der Waals surface area contributed by atoms with E-state index in [9.17, 15) is 4.39 Å². The van der Waals surface area contributed by atoms with Crippen LogP contribution in [0.1, 0.15) is 11.3 Å². The van der Waals surface area contributed by atoms with Gasteiger partial charge in [0.05, 0.1) is 19.8 Å². The van der Waals surface area contributed by atoms with Crippen molar-refractivity contribution in [3.63, 3.8) is 0 Å². The second-order valence-corrected chi connectivity index (χ2v) is 6.01. The zero-order chi connectivity index (χ0) is 17.2. The molecule has 3 heterocycles. The Morgan fingerprint density at radius 3 is 2.88 bits per heavy atom. The molecule has 6 nitrogen and oxygen atoms in total. The number of hydrogen-bond acceptors (Lipinski definition) is 6. The van der Waals surface area contributed by atoms with Crippen LogP contribution in [0, 0.1) is 12.7 Å². The molecule has 1 aromatic carbocycles. The zero-order valence-corrected chi connectivity index (χ0v) is 14.0. The van der Waals surface area contributed by atoms with Crippen LogP contribution in [-0.4, -0.2) is 36.3 Å². The summed E-state index contributed by atoms with van der Waals surface area (Å²) < 4.78 is 24.6. The van der Waals surface area contributed by atoms with E-state index in [1.807, 2.05) is 13.0 Å². The lowest BCUT2D eigenvalue weighted by Crippen LogP contribution is -2.36. The van der Waals surface area contributed by atoms with Crippen molar-refractivity contribution in [3.05, 3.63) is 47.7 Å². The van der Waals surface area contributed by atoms with Gasteiger partial charge < -0.3 is 19.4 Å². The maximum atomic E-state index is 13.4. The Bertz CT molecular complexity index is 890. The molecule has 0 unspecified atom stereocenters. The van der Waals surface area contributed by atoms with Crippen molar-refractivity contribution in [2.45, 2.75) is 13.5 Å². The van der Waals surface area contributed by atoms with Crippen LogP contribution < -0.4 is 10.2 Å². The number of furan rings is 1. The van der Waals surface area contributed by atoms with Crippen LogP contribution in [0.5, 0.6) is 0 Å². The van der Waals surface area contributed by atoms with Crippen LogP contribution in [0.2, 0.25) is 0 Å². The van der Waals surface area contributed by atoms with E-state index in [-0.39, 0.29) is 5.82 Å². The van der Waals surface area contributed by atoms with Crippen molar-refractivity contribution in [2.75, 3.05) is 36.5 Å². The van der Waals surface area contributed by atoms with E-state index in [1.165, 1.54) is 12.1 Å². The van der Waals surface area contributed by atoms with Gasteiger partial charge in [-0.15, -0.1) is 0 Å². The summed E-state index contributed by atoms with van der Waals surface area (Å²) in [6, 6.07) is 6.48. The van der Waals surface area contributed by atoms with Crippen molar-refractivity contribution in [2.24, 2.45) is 0 Å². The van der Waals surface area contributed by atoms with Crippen LogP contribution in [-0.2, 0) is 11.3 Å². The third-order valence-corrected chi connectivity index (χ3v) is 4.41. The first-order valence-corrected chi connectivity index (χ1v) is 8.27. The number of morpholine rings is 1. The van der Waals surface area contributed by atoms with Crippen LogP contribution in [0.15, 0.2) is 35.0 Å². The number of aryl methyl sites for hydroxylation is 1. The average Bonchev–Trinajstić information content (AvgIpc) is 2.96. The first-order chi connectivity index (χ1) is 12.2. The highest BCUT2D eigenvalue weighted by Crippen LogP contribution is 2.26. The third kappa shape index (κ3) is 3.28. The van der Waals surface area contributed by atoms with Crippen LogP contribution in [0.3, 0.4) is 0 Å². The highest BCUT2D eigenvalue weighted by Gasteiger charge is 2.14. The first-order valence-electron chi connectivity index (χ1n) is 8.27. The lowest BCUT2D eigenvalue weighted by atomic mass is 10.1. The molecule has 0 saturated carbocycles. The van der Waals surface area contributed by atoms with Gasteiger partial charge in [0.2, 0.25) is 0 Å². The first kappa shape index (κ1) is 15.8. The predicted molar refractivity (Wildman–Crippen MR) is 93.3 cm³/mol. The highest BCUT2D eigenvalue weighted by molar-refractivity contribution is 5.82. The minimum Gasteiger partial charge on any atom is -0.459 e. The summed E-state index contributed by atoms with van der Waals surface area (Å²) in [6.07, 6.45) is 1.55. The topological polar surface area (TPSA) is 63.4 Å². The molecule has 1 aliphatic rings. The van der Waals surface area contributed by atoms with Crippen LogP contribution >= 0.6 is 0 Å². The van der Waals surface area contributed by atoms with E-state index < -0.39 is 0 Å². The molecule has 2 aromatic heterocycles. The summed E-state index contributed by atoms with van der Waals surface area (Å²) in [7, 11) is 0. The molecule has 7 heteroatoms. The van der Waals surface area contributed by atoms with Gasteiger partial charge in [-0.05, 0) is 25.1 Å². The van der Waals surface area contributed by atoms with Crippen molar-refractivity contribution in [1.29, 1.82) is 0 Å². The number of halogens is 1.